The van der Waals surface area contributed by atoms with Crippen LogP contribution in [0.4, 0.5) is 0 Å². The van der Waals surface area contributed by atoms with E-state index < -0.39 is 0 Å². The number of ether oxygens (including phenoxy) is 2. The van der Waals surface area contributed by atoms with E-state index in [0.717, 1.165) is 15.5 Å². The van der Waals surface area contributed by atoms with E-state index in [-0.39, 0.29) is 5.92 Å². The van der Waals surface area contributed by atoms with Crippen LogP contribution in [-0.4, -0.2) is 34.0 Å². The lowest BCUT2D eigenvalue weighted by molar-refractivity contribution is 0.355. The number of rotatable bonds is 6. The number of benzene rings is 3. The van der Waals surface area contributed by atoms with Gasteiger partial charge in [0, 0.05) is 5.56 Å². The van der Waals surface area contributed by atoms with Gasteiger partial charge < -0.3 is 9.47 Å². The molecule has 5 rings (SSSR count). The fraction of sp³-hybridized carbons (Fsp3) is 0.125. The molecule has 0 unspecified atom stereocenters. The van der Waals surface area contributed by atoms with E-state index in [1.54, 1.807) is 30.1 Å². The number of fused-ring (bicyclic) bond motifs is 1. The van der Waals surface area contributed by atoms with Crippen molar-refractivity contribution >= 4 is 16.3 Å². The van der Waals surface area contributed by atoms with Crippen LogP contribution < -0.4 is 9.47 Å². The summed E-state index contributed by atoms with van der Waals surface area (Å²) in [5, 5.41) is 14.6. The highest BCUT2D eigenvalue weighted by Gasteiger charge is 2.23. The first-order valence-corrected chi connectivity index (χ1v) is 10.6. The van der Waals surface area contributed by atoms with Crippen LogP contribution in [-0.2, 0) is 0 Å². The molecule has 0 fully saturated rings. The molecule has 2 heterocycles. The molecule has 0 aliphatic heterocycles. The SMILES string of the molecule is COc1ccc(-c2nnc3sc(C(c4ccccc4)c4ccccc4)nn23)cc1OC. The molecule has 0 spiro atoms. The minimum absolute atomic E-state index is 0.0207. The summed E-state index contributed by atoms with van der Waals surface area (Å²) < 4.78 is 12.6. The molecular formula is C24H20N4O2S. The van der Waals surface area contributed by atoms with Crippen molar-refractivity contribution in [2.24, 2.45) is 0 Å². The Hall–Kier alpha value is -3.71. The van der Waals surface area contributed by atoms with E-state index in [9.17, 15) is 0 Å². The molecule has 31 heavy (non-hydrogen) atoms. The third-order valence-electron chi connectivity index (χ3n) is 5.16. The minimum atomic E-state index is 0.0207. The lowest BCUT2D eigenvalue weighted by Crippen LogP contribution is -2.04. The van der Waals surface area contributed by atoms with Gasteiger partial charge in [0.25, 0.3) is 0 Å². The fourth-order valence-corrected chi connectivity index (χ4v) is 4.67. The molecule has 0 aliphatic carbocycles. The standard InChI is InChI=1S/C24H20N4O2S/c1-29-19-14-13-18(15-20(19)30-2)22-25-26-24-28(22)27-23(31-24)21(16-9-5-3-6-10-16)17-11-7-4-8-12-17/h3-15,21H,1-2H3. The average Bonchev–Trinajstić information content (AvgIpc) is 3.41. The first-order chi connectivity index (χ1) is 15.3. The number of hydrogen-bond donors (Lipinski definition) is 0. The van der Waals surface area contributed by atoms with Gasteiger partial charge in [0.1, 0.15) is 5.01 Å². The van der Waals surface area contributed by atoms with E-state index >= 15 is 0 Å². The lowest BCUT2D eigenvalue weighted by atomic mass is 9.92. The summed E-state index contributed by atoms with van der Waals surface area (Å²) in [5.74, 6) is 1.99. The van der Waals surface area contributed by atoms with Crippen molar-refractivity contribution < 1.29 is 9.47 Å². The highest BCUT2D eigenvalue weighted by Crippen LogP contribution is 2.36. The van der Waals surface area contributed by atoms with Crippen LogP contribution in [0.1, 0.15) is 22.1 Å². The number of methoxy groups -OCH3 is 2. The lowest BCUT2D eigenvalue weighted by Gasteiger charge is -2.15. The summed E-state index contributed by atoms with van der Waals surface area (Å²) >= 11 is 1.55. The molecule has 3 aromatic carbocycles. The normalized spacial score (nSPS) is 11.2. The van der Waals surface area contributed by atoms with Crippen LogP contribution in [0.3, 0.4) is 0 Å². The zero-order chi connectivity index (χ0) is 21.2. The topological polar surface area (TPSA) is 61.5 Å². The van der Waals surface area contributed by atoms with Gasteiger partial charge in [0.2, 0.25) is 4.96 Å². The van der Waals surface area contributed by atoms with Gasteiger partial charge in [-0.3, -0.25) is 0 Å². The van der Waals surface area contributed by atoms with E-state index in [1.165, 1.54) is 11.1 Å². The van der Waals surface area contributed by atoms with Crippen molar-refractivity contribution in [2.75, 3.05) is 14.2 Å². The highest BCUT2D eigenvalue weighted by molar-refractivity contribution is 7.16. The van der Waals surface area contributed by atoms with Crippen LogP contribution in [0.5, 0.6) is 11.5 Å². The molecule has 0 saturated heterocycles. The highest BCUT2D eigenvalue weighted by atomic mass is 32.1. The molecule has 154 valence electrons. The summed E-state index contributed by atoms with van der Waals surface area (Å²) in [4.78, 5) is 0.747. The summed E-state index contributed by atoms with van der Waals surface area (Å²) in [6.45, 7) is 0. The third-order valence-corrected chi connectivity index (χ3v) is 6.12. The smallest absolute Gasteiger partial charge is 0.234 e. The quantitative estimate of drug-likeness (QED) is 0.379. The Labute approximate surface area is 183 Å². The number of nitrogens with zero attached hydrogens (tertiary/aromatic N) is 4. The summed E-state index contributed by atoms with van der Waals surface area (Å²) in [6, 6.07) is 26.5. The minimum Gasteiger partial charge on any atom is -0.493 e. The molecule has 0 N–H and O–H groups in total. The molecule has 2 aromatic heterocycles. The Morgan fingerprint density at radius 3 is 2.03 bits per heavy atom. The molecule has 0 amide bonds. The monoisotopic (exact) mass is 428 g/mol. The Balaban J connectivity index is 1.63. The van der Waals surface area contributed by atoms with Gasteiger partial charge in [0.05, 0.1) is 20.1 Å². The third kappa shape index (κ3) is 3.53. The van der Waals surface area contributed by atoms with Crippen molar-refractivity contribution in [3.05, 3.63) is 95.0 Å². The van der Waals surface area contributed by atoms with Gasteiger partial charge in [-0.15, -0.1) is 10.2 Å². The molecule has 6 nitrogen and oxygen atoms in total. The van der Waals surface area contributed by atoms with Crippen molar-refractivity contribution in [1.82, 2.24) is 19.8 Å². The Kier molecular flexibility index (Phi) is 5.09. The second-order valence-corrected chi connectivity index (χ2v) is 7.97. The second-order valence-electron chi connectivity index (χ2n) is 6.98. The Bertz CT molecular complexity index is 1280. The fourth-order valence-electron chi connectivity index (χ4n) is 3.67. The molecular weight excluding hydrogens is 408 g/mol. The van der Waals surface area contributed by atoms with E-state index in [0.29, 0.717) is 17.3 Å². The first-order valence-electron chi connectivity index (χ1n) is 9.83. The van der Waals surface area contributed by atoms with Crippen molar-refractivity contribution in [3.63, 3.8) is 0 Å². The first kappa shape index (κ1) is 19.3. The van der Waals surface area contributed by atoms with Crippen molar-refractivity contribution in [1.29, 1.82) is 0 Å². The molecule has 5 aromatic rings. The molecule has 0 radical (unpaired) electrons. The molecule has 7 heteroatoms. The zero-order valence-electron chi connectivity index (χ0n) is 17.1. The molecule has 0 saturated carbocycles. The number of aromatic nitrogens is 4. The molecule has 0 atom stereocenters. The van der Waals surface area contributed by atoms with Gasteiger partial charge in [-0.2, -0.15) is 9.61 Å². The van der Waals surface area contributed by atoms with Crippen LogP contribution in [0.2, 0.25) is 0 Å². The summed E-state index contributed by atoms with van der Waals surface area (Å²) in [7, 11) is 3.24. The van der Waals surface area contributed by atoms with Crippen molar-refractivity contribution in [3.8, 4) is 22.9 Å². The zero-order valence-corrected chi connectivity index (χ0v) is 17.9. The predicted molar refractivity (Wildman–Crippen MR) is 121 cm³/mol. The maximum absolute atomic E-state index is 5.45. The maximum Gasteiger partial charge on any atom is 0.234 e. The van der Waals surface area contributed by atoms with E-state index in [2.05, 4.69) is 58.7 Å². The van der Waals surface area contributed by atoms with Gasteiger partial charge in [0.15, 0.2) is 17.3 Å². The van der Waals surface area contributed by atoms with E-state index in [4.69, 9.17) is 14.6 Å². The van der Waals surface area contributed by atoms with Gasteiger partial charge >= 0.3 is 0 Å². The van der Waals surface area contributed by atoms with Crippen LogP contribution in [0, 0.1) is 0 Å². The van der Waals surface area contributed by atoms with Crippen LogP contribution in [0.25, 0.3) is 16.3 Å². The summed E-state index contributed by atoms with van der Waals surface area (Å²) in [5.41, 5.74) is 3.23. The van der Waals surface area contributed by atoms with Crippen LogP contribution >= 0.6 is 11.3 Å². The largest absolute Gasteiger partial charge is 0.493 e. The average molecular weight is 429 g/mol. The second kappa shape index (κ2) is 8.20. The van der Waals surface area contributed by atoms with Crippen molar-refractivity contribution in [2.45, 2.75) is 5.92 Å². The van der Waals surface area contributed by atoms with Gasteiger partial charge in [-0.25, -0.2) is 0 Å². The summed E-state index contributed by atoms with van der Waals surface area (Å²) in [6.07, 6.45) is 0. The Morgan fingerprint density at radius 1 is 0.774 bits per heavy atom. The number of hydrogen-bond acceptors (Lipinski definition) is 6. The van der Waals surface area contributed by atoms with E-state index in [1.807, 2.05) is 30.3 Å². The predicted octanol–water partition coefficient (Wildman–Crippen LogP) is 5.05. The Morgan fingerprint density at radius 2 is 1.42 bits per heavy atom. The molecule has 0 bridgehead atoms. The van der Waals surface area contributed by atoms with Crippen LogP contribution in [0.15, 0.2) is 78.9 Å². The maximum atomic E-state index is 5.45. The van der Waals surface area contributed by atoms with Gasteiger partial charge in [-0.1, -0.05) is 72.0 Å². The van der Waals surface area contributed by atoms with Gasteiger partial charge in [-0.05, 0) is 29.3 Å². The molecule has 0 aliphatic rings.